The van der Waals surface area contributed by atoms with E-state index in [1.807, 2.05) is 12.1 Å². The second-order valence-corrected chi connectivity index (χ2v) is 6.61. The minimum atomic E-state index is -0.230. The standard InChI is InChI=1S/C18H20FN7O/c19-15-4-2-1-3-13(15)7-10-20-18(27)14-8-11-25(12-9-14)17-6-5-16-21-23-24-26(16)22-17/h1-6,14H,7-12H2,(H,20,27). The van der Waals surface area contributed by atoms with Crippen molar-refractivity contribution < 1.29 is 9.18 Å². The number of rotatable bonds is 5. The van der Waals surface area contributed by atoms with Crippen molar-refractivity contribution in [3.63, 3.8) is 0 Å². The predicted molar refractivity (Wildman–Crippen MR) is 96.6 cm³/mol. The van der Waals surface area contributed by atoms with Crippen LogP contribution in [-0.4, -0.2) is 50.8 Å². The van der Waals surface area contributed by atoms with Gasteiger partial charge in [0, 0.05) is 25.6 Å². The summed E-state index contributed by atoms with van der Waals surface area (Å²) in [6.45, 7) is 1.93. The lowest BCUT2D eigenvalue weighted by Gasteiger charge is -2.31. The number of hydrogen-bond acceptors (Lipinski definition) is 6. The molecular formula is C18H20FN7O. The molecule has 1 N–H and O–H groups in total. The van der Waals surface area contributed by atoms with Gasteiger partial charge < -0.3 is 10.2 Å². The molecular weight excluding hydrogens is 349 g/mol. The maximum atomic E-state index is 13.6. The van der Waals surface area contributed by atoms with Crippen LogP contribution in [0.25, 0.3) is 5.65 Å². The highest BCUT2D eigenvalue weighted by Gasteiger charge is 2.25. The molecule has 0 radical (unpaired) electrons. The third kappa shape index (κ3) is 3.86. The van der Waals surface area contributed by atoms with Gasteiger partial charge in [-0.3, -0.25) is 4.79 Å². The molecule has 8 nitrogen and oxygen atoms in total. The van der Waals surface area contributed by atoms with Gasteiger partial charge in [-0.25, -0.2) is 4.39 Å². The van der Waals surface area contributed by atoms with Crippen molar-refractivity contribution in [2.45, 2.75) is 19.3 Å². The first kappa shape index (κ1) is 17.3. The summed E-state index contributed by atoms with van der Waals surface area (Å²) >= 11 is 0. The molecule has 9 heteroatoms. The van der Waals surface area contributed by atoms with Crippen molar-refractivity contribution in [3.8, 4) is 0 Å². The van der Waals surface area contributed by atoms with E-state index >= 15 is 0 Å². The van der Waals surface area contributed by atoms with E-state index in [-0.39, 0.29) is 17.6 Å². The zero-order valence-corrected chi connectivity index (χ0v) is 14.8. The zero-order valence-electron chi connectivity index (χ0n) is 14.8. The molecule has 1 amide bonds. The van der Waals surface area contributed by atoms with Crippen LogP contribution in [0.1, 0.15) is 18.4 Å². The molecule has 0 unspecified atom stereocenters. The van der Waals surface area contributed by atoms with Crippen LogP contribution in [0.5, 0.6) is 0 Å². The molecule has 1 aliphatic rings. The highest BCUT2D eigenvalue weighted by atomic mass is 19.1. The van der Waals surface area contributed by atoms with E-state index < -0.39 is 0 Å². The van der Waals surface area contributed by atoms with Gasteiger partial charge in [0.15, 0.2) is 11.5 Å². The summed E-state index contributed by atoms with van der Waals surface area (Å²) < 4.78 is 15.0. The first-order valence-electron chi connectivity index (χ1n) is 9.02. The lowest BCUT2D eigenvalue weighted by atomic mass is 9.96. The first-order valence-corrected chi connectivity index (χ1v) is 9.02. The molecule has 0 saturated carbocycles. The van der Waals surface area contributed by atoms with E-state index in [4.69, 9.17) is 0 Å². The second-order valence-electron chi connectivity index (χ2n) is 6.61. The summed E-state index contributed by atoms with van der Waals surface area (Å²) in [6.07, 6.45) is 1.99. The van der Waals surface area contributed by atoms with Crippen molar-refractivity contribution in [3.05, 3.63) is 47.8 Å². The van der Waals surface area contributed by atoms with Crippen LogP contribution in [0.15, 0.2) is 36.4 Å². The Morgan fingerprint density at radius 1 is 1.19 bits per heavy atom. The maximum absolute atomic E-state index is 13.6. The van der Waals surface area contributed by atoms with Gasteiger partial charge in [0.25, 0.3) is 0 Å². The Bertz CT molecular complexity index is 936. The number of amides is 1. The SMILES string of the molecule is O=C(NCCc1ccccc1F)C1CCN(c2ccc3nnnn3n2)CC1. The number of benzene rings is 1. The van der Waals surface area contributed by atoms with Crippen LogP contribution in [0, 0.1) is 11.7 Å². The number of nitrogens with zero attached hydrogens (tertiary/aromatic N) is 6. The Balaban J connectivity index is 1.27. The highest BCUT2D eigenvalue weighted by molar-refractivity contribution is 5.79. The zero-order chi connectivity index (χ0) is 18.6. The Hall–Kier alpha value is -3.10. The average Bonchev–Trinajstić information content (AvgIpc) is 3.17. The fraction of sp³-hybridized carbons (Fsp3) is 0.389. The van der Waals surface area contributed by atoms with Gasteiger partial charge in [-0.2, -0.15) is 0 Å². The van der Waals surface area contributed by atoms with Gasteiger partial charge in [-0.05, 0) is 53.5 Å². The molecule has 3 heterocycles. The van der Waals surface area contributed by atoms with Crippen LogP contribution in [0.3, 0.4) is 0 Å². The van der Waals surface area contributed by atoms with Crippen LogP contribution in [0.2, 0.25) is 0 Å². The number of carbonyl (C=O) groups excluding carboxylic acids is 1. The Kier molecular flexibility index (Phi) is 4.91. The largest absolute Gasteiger partial charge is 0.356 e. The number of carbonyl (C=O) groups is 1. The Labute approximate surface area is 155 Å². The summed E-state index contributed by atoms with van der Waals surface area (Å²) in [5.74, 6) is 0.578. The smallest absolute Gasteiger partial charge is 0.223 e. The van der Waals surface area contributed by atoms with Gasteiger partial charge in [-0.1, -0.05) is 18.2 Å². The molecule has 140 valence electrons. The van der Waals surface area contributed by atoms with Crippen LogP contribution in [-0.2, 0) is 11.2 Å². The normalized spacial score (nSPS) is 15.2. The molecule has 0 aliphatic carbocycles. The van der Waals surface area contributed by atoms with Crippen molar-refractivity contribution in [2.24, 2.45) is 5.92 Å². The summed E-state index contributed by atoms with van der Waals surface area (Å²) in [5.41, 5.74) is 1.22. The quantitative estimate of drug-likeness (QED) is 0.728. The molecule has 1 saturated heterocycles. The van der Waals surface area contributed by atoms with E-state index in [1.165, 1.54) is 10.7 Å². The number of aromatic nitrogens is 5. The fourth-order valence-corrected chi connectivity index (χ4v) is 3.35. The molecule has 1 aliphatic heterocycles. The molecule has 1 aromatic carbocycles. The number of piperidine rings is 1. The monoisotopic (exact) mass is 369 g/mol. The van der Waals surface area contributed by atoms with Gasteiger partial charge in [0.2, 0.25) is 5.91 Å². The van der Waals surface area contributed by atoms with Gasteiger partial charge in [0.1, 0.15) is 5.82 Å². The Morgan fingerprint density at radius 2 is 2.00 bits per heavy atom. The summed E-state index contributed by atoms with van der Waals surface area (Å²) in [6, 6.07) is 10.4. The fourth-order valence-electron chi connectivity index (χ4n) is 3.35. The molecule has 0 spiro atoms. The van der Waals surface area contributed by atoms with Crippen LogP contribution in [0.4, 0.5) is 10.2 Å². The summed E-state index contributed by atoms with van der Waals surface area (Å²) in [5, 5.41) is 18.6. The van der Waals surface area contributed by atoms with Crippen molar-refractivity contribution in [2.75, 3.05) is 24.5 Å². The van der Waals surface area contributed by atoms with Crippen molar-refractivity contribution in [1.82, 2.24) is 30.6 Å². The van der Waals surface area contributed by atoms with Crippen molar-refractivity contribution in [1.29, 1.82) is 0 Å². The van der Waals surface area contributed by atoms with Gasteiger partial charge in [-0.15, -0.1) is 14.8 Å². The molecule has 3 aromatic rings. The van der Waals surface area contributed by atoms with Crippen molar-refractivity contribution >= 4 is 17.4 Å². The minimum absolute atomic E-state index is 0.0290. The van der Waals surface area contributed by atoms with E-state index in [2.05, 4.69) is 30.8 Å². The Morgan fingerprint density at radius 3 is 2.81 bits per heavy atom. The summed E-state index contributed by atoms with van der Waals surface area (Å²) in [4.78, 5) is 14.5. The predicted octanol–water partition coefficient (Wildman–Crippen LogP) is 1.23. The summed E-state index contributed by atoms with van der Waals surface area (Å²) in [7, 11) is 0. The average molecular weight is 369 g/mol. The number of halogens is 1. The topological polar surface area (TPSA) is 88.3 Å². The number of fused-ring (bicyclic) bond motifs is 1. The molecule has 2 aromatic heterocycles. The van der Waals surface area contributed by atoms with E-state index in [0.717, 1.165) is 31.7 Å². The van der Waals surface area contributed by atoms with E-state index in [0.29, 0.717) is 24.2 Å². The van der Waals surface area contributed by atoms with Crippen LogP contribution < -0.4 is 10.2 Å². The molecule has 0 atom stereocenters. The van der Waals surface area contributed by atoms with Gasteiger partial charge >= 0.3 is 0 Å². The number of anilines is 1. The third-order valence-corrected chi connectivity index (χ3v) is 4.90. The first-order chi connectivity index (χ1) is 13.2. The highest BCUT2D eigenvalue weighted by Crippen LogP contribution is 2.22. The number of tetrazole rings is 1. The maximum Gasteiger partial charge on any atom is 0.223 e. The van der Waals surface area contributed by atoms with Gasteiger partial charge in [0.05, 0.1) is 0 Å². The number of hydrogen-bond donors (Lipinski definition) is 1. The lowest BCUT2D eigenvalue weighted by Crippen LogP contribution is -2.41. The molecule has 1 fully saturated rings. The van der Waals surface area contributed by atoms with E-state index in [9.17, 15) is 9.18 Å². The van der Waals surface area contributed by atoms with Crippen LogP contribution >= 0.6 is 0 Å². The molecule has 4 rings (SSSR count). The molecule has 27 heavy (non-hydrogen) atoms. The minimum Gasteiger partial charge on any atom is -0.356 e. The third-order valence-electron chi connectivity index (χ3n) is 4.90. The molecule has 0 bridgehead atoms. The van der Waals surface area contributed by atoms with E-state index in [1.54, 1.807) is 18.2 Å². The lowest BCUT2D eigenvalue weighted by molar-refractivity contribution is -0.125. The second kappa shape index (κ2) is 7.65. The number of nitrogens with one attached hydrogen (secondary N) is 1.